The van der Waals surface area contributed by atoms with Gasteiger partial charge in [-0.25, -0.2) is 0 Å². The van der Waals surface area contributed by atoms with Crippen LogP contribution in [0.5, 0.6) is 0 Å². The van der Waals surface area contributed by atoms with Gasteiger partial charge in [-0.2, -0.15) is 0 Å². The largest absolute Gasteiger partial charge is 0.391 e. The van der Waals surface area contributed by atoms with Crippen molar-refractivity contribution in [3.63, 3.8) is 0 Å². The van der Waals surface area contributed by atoms with Gasteiger partial charge < -0.3 is 14.9 Å². The van der Waals surface area contributed by atoms with Gasteiger partial charge in [-0.1, -0.05) is 38.8 Å². The van der Waals surface area contributed by atoms with E-state index < -0.39 is 6.10 Å². The summed E-state index contributed by atoms with van der Waals surface area (Å²) in [6, 6.07) is 6.70. The summed E-state index contributed by atoms with van der Waals surface area (Å²) in [6.07, 6.45) is 1.01. The molecule has 1 fully saturated rings. The molecule has 0 bridgehead atoms. The lowest BCUT2D eigenvalue weighted by atomic mass is 9.92. The van der Waals surface area contributed by atoms with E-state index in [1.54, 1.807) is 34.1 Å². The Kier molecular flexibility index (Phi) is 6.47. The lowest BCUT2D eigenvalue weighted by Crippen LogP contribution is -2.42. The topological polar surface area (TPSA) is 60.9 Å². The minimum Gasteiger partial charge on any atom is -0.391 e. The maximum absolute atomic E-state index is 12.8. The first-order valence-corrected chi connectivity index (χ1v) is 9.10. The van der Waals surface area contributed by atoms with E-state index in [-0.39, 0.29) is 23.8 Å². The number of aliphatic hydroxyl groups is 1. The highest BCUT2D eigenvalue weighted by Gasteiger charge is 2.35. The van der Waals surface area contributed by atoms with Crippen molar-refractivity contribution in [1.29, 1.82) is 0 Å². The Hall–Kier alpha value is -1.59. The molecule has 6 heteroatoms. The van der Waals surface area contributed by atoms with E-state index in [2.05, 4.69) is 0 Å². The molecule has 1 aliphatic rings. The van der Waals surface area contributed by atoms with Crippen molar-refractivity contribution < 1.29 is 14.7 Å². The van der Waals surface area contributed by atoms with Gasteiger partial charge in [0.1, 0.15) is 6.54 Å². The Morgan fingerprint density at radius 2 is 1.92 bits per heavy atom. The van der Waals surface area contributed by atoms with Crippen molar-refractivity contribution in [3.05, 3.63) is 34.9 Å². The summed E-state index contributed by atoms with van der Waals surface area (Å²) in [4.78, 5) is 28.7. The molecular formula is C19H27ClN2O3. The van der Waals surface area contributed by atoms with Crippen molar-refractivity contribution >= 4 is 23.4 Å². The van der Waals surface area contributed by atoms with Crippen LogP contribution in [0.15, 0.2) is 24.3 Å². The molecule has 0 aromatic heterocycles. The van der Waals surface area contributed by atoms with Crippen LogP contribution in [0.3, 0.4) is 0 Å². The quantitative estimate of drug-likeness (QED) is 0.871. The molecule has 138 valence electrons. The lowest BCUT2D eigenvalue weighted by molar-refractivity contribution is -0.132. The average Bonchev–Trinajstić information content (AvgIpc) is 2.63. The number of amides is 2. The molecular weight excluding hydrogens is 340 g/mol. The summed E-state index contributed by atoms with van der Waals surface area (Å²) < 4.78 is 0. The predicted molar refractivity (Wildman–Crippen MR) is 98.6 cm³/mol. The van der Waals surface area contributed by atoms with Crippen molar-refractivity contribution in [2.24, 2.45) is 5.41 Å². The van der Waals surface area contributed by atoms with Crippen LogP contribution in [0.2, 0.25) is 5.02 Å². The van der Waals surface area contributed by atoms with E-state index in [4.69, 9.17) is 11.6 Å². The summed E-state index contributed by atoms with van der Waals surface area (Å²) in [5, 5.41) is 10.6. The number of β-amino-alcohol motifs (C(OH)–C–C–N with tert-alkyl or cyclic N) is 1. The molecule has 0 radical (unpaired) electrons. The van der Waals surface area contributed by atoms with Crippen LogP contribution in [0.4, 0.5) is 0 Å². The number of rotatable bonds is 5. The third-order valence-corrected chi connectivity index (χ3v) is 4.60. The molecule has 0 aliphatic carbocycles. The van der Waals surface area contributed by atoms with E-state index >= 15 is 0 Å². The number of halogens is 1. The molecule has 1 heterocycles. The highest BCUT2D eigenvalue weighted by Crippen LogP contribution is 2.24. The zero-order chi connectivity index (χ0) is 18.6. The van der Waals surface area contributed by atoms with Gasteiger partial charge in [0.25, 0.3) is 5.91 Å². The molecule has 2 rings (SSSR count). The van der Waals surface area contributed by atoms with Crippen LogP contribution >= 0.6 is 11.6 Å². The second kappa shape index (κ2) is 8.19. The number of hydrogen-bond donors (Lipinski definition) is 1. The molecule has 1 unspecified atom stereocenters. The number of hydrogen-bond acceptors (Lipinski definition) is 3. The highest BCUT2D eigenvalue weighted by atomic mass is 35.5. The molecule has 25 heavy (non-hydrogen) atoms. The van der Waals surface area contributed by atoms with Crippen LogP contribution in [0, 0.1) is 5.41 Å². The van der Waals surface area contributed by atoms with Gasteiger partial charge in [-0.05, 0) is 36.1 Å². The van der Waals surface area contributed by atoms with Crippen molar-refractivity contribution in [1.82, 2.24) is 9.80 Å². The lowest BCUT2D eigenvalue weighted by Gasteiger charge is -2.31. The molecule has 2 amide bonds. The Balaban J connectivity index is 2.15. The average molecular weight is 367 g/mol. The van der Waals surface area contributed by atoms with Gasteiger partial charge in [0.15, 0.2) is 0 Å². The van der Waals surface area contributed by atoms with Crippen LogP contribution in [-0.2, 0) is 4.79 Å². The smallest absolute Gasteiger partial charge is 0.254 e. The van der Waals surface area contributed by atoms with E-state index in [1.165, 1.54) is 0 Å². The normalized spacial score (nSPS) is 18.8. The number of carbonyl (C=O) groups excluding carboxylic acids is 2. The fourth-order valence-electron chi connectivity index (χ4n) is 3.25. The summed E-state index contributed by atoms with van der Waals surface area (Å²) in [5.41, 5.74) is 0.271. The van der Waals surface area contributed by atoms with E-state index in [1.807, 2.05) is 20.8 Å². The first-order chi connectivity index (χ1) is 11.7. The maximum atomic E-state index is 12.8. The molecule has 1 saturated heterocycles. The minimum atomic E-state index is -0.525. The van der Waals surface area contributed by atoms with E-state index in [0.29, 0.717) is 36.6 Å². The molecule has 1 atom stereocenters. The molecule has 1 aromatic carbocycles. The Morgan fingerprint density at radius 3 is 2.52 bits per heavy atom. The van der Waals surface area contributed by atoms with Crippen LogP contribution < -0.4 is 0 Å². The highest BCUT2D eigenvalue weighted by molar-refractivity contribution is 6.30. The third kappa shape index (κ3) is 5.44. The fraction of sp³-hybridized carbons (Fsp3) is 0.579. The molecule has 1 N–H and O–H groups in total. The van der Waals surface area contributed by atoms with Gasteiger partial charge in [0, 0.05) is 30.2 Å². The van der Waals surface area contributed by atoms with Crippen LogP contribution in [0.1, 0.15) is 44.0 Å². The van der Waals surface area contributed by atoms with Gasteiger partial charge in [0.2, 0.25) is 5.91 Å². The zero-order valence-corrected chi connectivity index (χ0v) is 15.9. The summed E-state index contributed by atoms with van der Waals surface area (Å²) in [5.74, 6) is -0.294. The number of benzene rings is 1. The van der Waals surface area contributed by atoms with Crippen molar-refractivity contribution in [2.45, 2.75) is 39.7 Å². The molecule has 1 aromatic rings. The van der Waals surface area contributed by atoms with Gasteiger partial charge in [0.05, 0.1) is 6.10 Å². The second-order valence-electron chi connectivity index (χ2n) is 7.55. The first kappa shape index (κ1) is 19.7. The number of aliphatic hydroxyl groups excluding tert-OH is 1. The van der Waals surface area contributed by atoms with Crippen molar-refractivity contribution in [3.8, 4) is 0 Å². The SMILES string of the molecule is CCCC(O)CN1CC(C)(C)CN(C(=O)c2ccc(Cl)cc2)CC1=O. The second-order valence-corrected chi connectivity index (χ2v) is 7.99. The molecule has 0 saturated carbocycles. The standard InChI is InChI=1S/C19H27ClN2O3/c1-4-5-16(23)10-21-12-19(2,3)13-22(11-17(21)24)18(25)14-6-8-15(20)9-7-14/h6-9,16,23H,4-5,10-13H2,1-3H3. The Bertz CT molecular complexity index is 616. The predicted octanol–water partition coefficient (Wildman–Crippen LogP) is 2.81. The Morgan fingerprint density at radius 1 is 1.28 bits per heavy atom. The maximum Gasteiger partial charge on any atom is 0.254 e. The fourth-order valence-corrected chi connectivity index (χ4v) is 3.38. The van der Waals surface area contributed by atoms with Crippen LogP contribution in [-0.4, -0.2) is 59.0 Å². The number of carbonyl (C=O) groups is 2. The summed E-state index contributed by atoms with van der Waals surface area (Å²) in [7, 11) is 0. The molecule has 0 spiro atoms. The number of nitrogens with zero attached hydrogens (tertiary/aromatic N) is 2. The monoisotopic (exact) mass is 366 g/mol. The van der Waals surface area contributed by atoms with Gasteiger partial charge >= 0.3 is 0 Å². The van der Waals surface area contributed by atoms with E-state index in [0.717, 1.165) is 6.42 Å². The van der Waals surface area contributed by atoms with E-state index in [9.17, 15) is 14.7 Å². The first-order valence-electron chi connectivity index (χ1n) is 8.72. The van der Waals surface area contributed by atoms with Crippen LogP contribution in [0.25, 0.3) is 0 Å². The Labute approximate surface area is 154 Å². The third-order valence-electron chi connectivity index (χ3n) is 4.35. The minimum absolute atomic E-state index is 0.0315. The molecule has 5 nitrogen and oxygen atoms in total. The van der Waals surface area contributed by atoms with Crippen molar-refractivity contribution in [2.75, 3.05) is 26.2 Å². The summed E-state index contributed by atoms with van der Waals surface area (Å²) >= 11 is 5.88. The molecule has 1 aliphatic heterocycles. The van der Waals surface area contributed by atoms with Gasteiger partial charge in [-0.15, -0.1) is 0 Å². The zero-order valence-electron chi connectivity index (χ0n) is 15.2. The van der Waals surface area contributed by atoms with Gasteiger partial charge in [-0.3, -0.25) is 9.59 Å². The summed E-state index contributed by atoms with van der Waals surface area (Å²) in [6.45, 7) is 7.43.